The molecule has 0 saturated carbocycles. The molecule has 0 N–H and O–H groups in total. The standard InChI is InChI=1S/C18H24N2O3S/c21-17(8-12-23-15-5-2-1-3-6-15)20-9-4-7-16(20)18(22)19-10-13-24-14-11-19/h1-3,5-6,16H,4,7-14H2/t16-/m1/s1. The molecule has 0 aliphatic carbocycles. The van der Waals surface area contributed by atoms with Gasteiger partial charge < -0.3 is 14.5 Å². The fourth-order valence-electron chi connectivity index (χ4n) is 3.23. The maximum absolute atomic E-state index is 12.7. The number of likely N-dealkylation sites (tertiary alicyclic amines) is 1. The zero-order valence-electron chi connectivity index (χ0n) is 13.9. The van der Waals surface area contributed by atoms with Gasteiger partial charge in [0.1, 0.15) is 11.8 Å². The van der Waals surface area contributed by atoms with E-state index in [2.05, 4.69) is 0 Å². The number of nitrogens with zero attached hydrogens (tertiary/aromatic N) is 2. The van der Waals surface area contributed by atoms with Gasteiger partial charge in [-0.05, 0) is 25.0 Å². The fourth-order valence-corrected chi connectivity index (χ4v) is 4.14. The largest absolute Gasteiger partial charge is 0.493 e. The molecule has 2 aliphatic heterocycles. The lowest BCUT2D eigenvalue weighted by atomic mass is 10.2. The molecule has 0 aromatic heterocycles. The van der Waals surface area contributed by atoms with Crippen LogP contribution in [0.25, 0.3) is 0 Å². The molecule has 5 nitrogen and oxygen atoms in total. The fraction of sp³-hybridized carbons (Fsp3) is 0.556. The number of carbonyl (C=O) groups is 2. The summed E-state index contributed by atoms with van der Waals surface area (Å²) in [6.45, 7) is 2.64. The molecule has 6 heteroatoms. The molecular formula is C18H24N2O3S. The molecule has 2 fully saturated rings. The molecule has 1 aromatic carbocycles. The van der Waals surface area contributed by atoms with Crippen LogP contribution >= 0.6 is 11.8 Å². The Morgan fingerprint density at radius 3 is 2.62 bits per heavy atom. The third-order valence-corrected chi connectivity index (χ3v) is 5.45. The van der Waals surface area contributed by atoms with Gasteiger partial charge in [0.15, 0.2) is 0 Å². The van der Waals surface area contributed by atoms with Crippen LogP contribution in [0.15, 0.2) is 30.3 Å². The van der Waals surface area contributed by atoms with Crippen LogP contribution in [-0.4, -0.2) is 65.4 Å². The highest BCUT2D eigenvalue weighted by Gasteiger charge is 2.36. The normalized spacial score (nSPS) is 20.9. The lowest BCUT2D eigenvalue weighted by Gasteiger charge is -2.32. The van der Waals surface area contributed by atoms with Crippen LogP contribution in [0, 0.1) is 0 Å². The minimum absolute atomic E-state index is 0.0214. The summed E-state index contributed by atoms with van der Waals surface area (Å²) in [6.07, 6.45) is 2.01. The van der Waals surface area contributed by atoms with E-state index in [1.165, 1.54) is 0 Å². The van der Waals surface area contributed by atoms with Gasteiger partial charge in [-0.2, -0.15) is 11.8 Å². The van der Waals surface area contributed by atoms with E-state index in [9.17, 15) is 9.59 Å². The number of para-hydroxylation sites is 1. The summed E-state index contributed by atoms with van der Waals surface area (Å²) in [5.74, 6) is 2.91. The Kier molecular flexibility index (Phi) is 6.01. The van der Waals surface area contributed by atoms with Gasteiger partial charge in [0.2, 0.25) is 11.8 Å². The summed E-state index contributed by atoms with van der Waals surface area (Å²) < 4.78 is 5.60. The summed E-state index contributed by atoms with van der Waals surface area (Å²) in [4.78, 5) is 28.9. The maximum atomic E-state index is 12.7. The van der Waals surface area contributed by atoms with Crippen LogP contribution in [0.4, 0.5) is 0 Å². The Morgan fingerprint density at radius 1 is 1.12 bits per heavy atom. The number of thioether (sulfide) groups is 1. The molecule has 2 amide bonds. The van der Waals surface area contributed by atoms with E-state index in [1.807, 2.05) is 47.0 Å². The van der Waals surface area contributed by atoms with E-state index in [0.717, 1.165) is 43.2 Å². The van der Waals surface area contributed by atoms with Crippen molar-refractivity contribution in [3.63, 3.8) is 0 Å². The Balaban J connectivity index is 1.50. The SMILES string of the molecule is O=C([C@H]1CCCN1C(=O)CCOc1ccccc1)N1CCSCC1. The second kappa shape index (κ2) is 8.42. The van der Waals surface area contributed by atoms with Crippen molar-refractivity contribution in [2.75, 3.05) is 37.7 Å². The predicted molar refractivity (Wildman–Crippen MR) is 95.2 cm³/mol. The molecule has 3 rings (SSSR count). The summed E-state index contributed by atoms with van der Waals surface area (Å²) >= 11 is 1.88. The lowest BCUT2D eigenvalue weighted by Crippen LogP contribution is -2.50. The highest BCUT2D eigenvalue weighted by molar-refractivity contribution is 7.99. The summed E-state index contributed by atoms with van der Waals surface area (Å²) in [7, 11) is 0. The van der Waals surface area contributed by atoms with Crippen molar-refractivity contribution in [2.24, 2.45) is 0 Å². The summed E-state index contributed by atoms with van der Waals surface area (Å²) in [5, 5.41) is 0. The highest BCUT2D eigenvalue weighted by Crippen LogP contribution is 2.22. The first-order valence-corrected chi connectivity index (χ1v) is 9.75. The Bertz CT molecular complexity index is 561. The quantitative estimate of drug-likeness (QED) is 0.817. The van der Waals surface area contributed by atoms with Crippen LogP contribution < -0.4 is 4.74 Å². The van der Waals surface area contributed by atoms with E-state index >= 15 is 0 Å². The van der Waals surface area contributed by atoms with Gasteiger partial charge in [-0.25, -0.2) is 0 Å². The molecule has 0 radical (unpaired) electrons. The van der Waals surface area contributed by atoms with Gasteiger partial charge >= 0.3 is 0 Å². The molecule has 2 saturated heterocycles. The third-order valence-electron chi connectivity index (χ3n) is 4.51. The van der Waals surface area contributed by atoms with Gasteiger partial charge in [-0.3, -0.25) is 9.59 Å². The average molecular weight is 348 g/mol. The number of hydrogen-bond donors (Lipinski definition) is 0. The second-order valence-corrected chi connectivity index (χ2v) is 7.32. The van der Waals surface area contributed by atoms with E-state index < -0.39 is 0 Å². The smallest absolute Gasteiger partial charge is 0.245 e. The topological polar surface area (TPSA) is 49.9 Å². The van der Waals surface area contributed by atoms with Gasteiger partial charge in [0.25, 0.3) is 0 Å². The zero-order valence-corrected chi connectivity index (χ0v) is 14.7. The monoisotopic (exact) mass is 348 g/mol. The first-order valence-electron chi connectivity index (χ1n) is 8.59. The van der Waals surface area contributed by atoms with Gasteiger partial charge in [-0.1, -0.05) is 18.2 Å². The minimum Gasteiger partial charge on any atom is -0.493 e. The minimum atomic E-state index is -0.266. The molecular weight excluding hydrogens is 324 g/mol. The van der Waals surface area contributed by atoms with Gasteiger partial charge in [0, 0.05) is 31.1 Å². The van der Waals surface area contributed by atoms with Crippen LogP contribution in [0.1, 0.15) is 19.3 Å². The van der Waals surface area contributed by atoms with E-state index in [-0.39, 0.29) is 17.9 Å². The Labute approximate surface area is 147 Å². The van der Waals surface area contributed by atoms with Gasteiger partial charge in [-0.15, -0.1) is 0 Å². The van der Waals surface area contributed by atoms with Crippen molar-refractivity contribution in [3.05, 3.63) is 30.3 Å². The van der Waals surface area contributed by atoms with E-state index in [1.54, 1.807) is 4.90 Å². The molecule has 2 heterocycles. The third kappa shape index (κ3) is 4.23. The Morgan fingerprint density at radius 2 is 1.88 bits per heavy atom. The van der Waals surface area contributed by atoms with Crippen molar-refractivity contribution in [1.29, 1.82) is 0 Å². The summed E-state index contributed by atoms with van der Waals surface area (Å²) in [6, 6.07) is 9.23. The van der Waals surface area contributed by atoms with Crippen molar-refractivity contribution in [2.45, 2.75) is 25.3 Å². The highest BCUT2D eigenvalue weighted by atomic mass is 32.2. The molecule has 24 heavy (non-hydrogen) atoms. The van der Waals surface area contributed by atoms with Crippen molar-refractivity contribution >= 4 is 23.6 Å². The van der Waals surface area contributed by atoms with Crippen molar-refractivity contribution < 1.29 is 14.3 Å². The van der Waals surface area contributed by atoms with Crippen LogP contribution in [0.5, 0.6) is 5.75 Å². The molecule has 2 aliphatic rings. The number of carbonyl (C=O) groups excluding carboxylic acids is 2. The van der Waals surface area contributed by atoms with Crippen molar-refractivity contribution in [1.82, 2.24) is 9.80 Å². The first kappa shape index (κ1) is 17.1. The number of rotatable bonds is 5. The maximum Gasteiger partial charge on any atom is 0.245 e. The molecule has 0 spiro atoms. The zero-order chi connectivity index (χ0) is 16.8. The van der Waals surface area contributed by atoms with Crippen LogP contribution in [0.3, 0.4) is 0 Å². The number of benzene rings is 1. The molecule has 0 unspecified atom stereocenters. The van der Waals surface area contributed by atoms with E-state index in [4.69, 9.17) is 4.74 Å². The number of hydrogen-bond acceptors (Lipinski definition) is 4. The molecule has 0 bridgehead atoms. The molecule has 1 aromatic rings. The number of amides is 2. The second-order valence-electron chi connectivity index (χ2n) is 6.09. The van der Waals surface area contributed by atoms with Crippen LogP contribution in [-0.2, 0) is 9.59 Å². The van der Waals surface area contributed by atoms with Crippen molar-refractivity contribution in [3.8, 4) is 5.75 Å². The van der Waals surface area contributed by atoms with Crippen LogP contribution in [0.2, 0.25) is 0 Å². The first-order chi connectivity index (χ1) is 11.8. The van der Waals surface area contributed by atoms with Gasteiger partial charge in [0.05, 0.1) is 13.0 Å². The molecule has 130 valence electrons. The Hall–Kier alpha value is -1.69. The summed E-state index contributed by atoms with van der Waals surface area (Å²) in [5.41, 5.74) is 0. The lowest BCUT2D eigenvalue weighted by molar-refractivity contribution is -0.143. The average Bonchev–Trinajstić information content (AvgIpc) is 3.12. The molecule has 1 atom stereocenters. The van der Waals surface area contributed by atoms with E-state index in [0.29, 0.717) is 19.6 Å². The number of ether oxygens (including phenoxy) is 1. The predicted octanol–water partition coefficient (Wildman–Crippen LogP) is 2.02.